The Labute approximate surface area is 90.3 Å². The Morgan fingerprint density at radius 1 is 1.36 bits per heavy atom. The molecule has 0 bridgehead atoms. The Morgan fingerprint density at radius 3 is 2.50 bits per heavy atom. The smallest absolute Gasteiger partial charge is 0.0503 e. The van der Waals surface area contributed by atoms with Gasteiger partial charge in [-0.05, 0) is 11.6 Å². The largest absolute Gasteiger partial charge is 0.326 e. The number of thioether (sulfide) groups is 1. The second-order valence-corrected chi connectivity index (χ2v) is 6.07. The molecule has 0 aliphatic rings. The summed E-state index contributed by atoms with van der Waals surface area (Å²) in [6, 6.07) is 4.10. The van der Waals surface area contributed by atoms with Gasteiger partial charge in [-0.1, -0.05) is 26.8 Å². The molecule has 2 N–H and O–H groups in total. The second kappa shape index (κ2) is 4.80. The Bertz CT molecular complexity index is 274. The van der Waals surface area contributed by atoms with E-state index in [0.29, 0.717) is 11.3 Å². The summed E-state index contributed by atoms with van der Waals surface area (Å²) in [7, 11) is 0. The molecule has 0 aliphatic heterocycles. The normalized spacial score (nSPS) is 11.7. The van der Waals surface area contributed by atoms with E-state index < -0.39 is 0 Å². The highest BCUT2D eigenvalue weighted by Crippen LogP contribution is 2.26. The molecule has 78 valence electrons. The Hall–Kier alpha value is -0.540. The lowest BCUT2D eigenvalue weighted by Gasteiger charge is -2.16. The minimum atomic E-state index is 0.300. The summed E-state index contributed by atoms with van der Waals surface area (Å²) in [5, 5.41) is 0. The van der Waals surface area contributed by atoms with Crippen molar-refractivity contribution in [2.24, 2.45) is 5.73 Å². The molecule has 2 nitrogen and oxygen atoms in total. The molecule has 14 heavy (non-hydrogen) atoms. The molecule has 0 fully saturated rings. The van der Waals surface area contributed by atoms with Crippen LogP contribution in [0.3, 0.4) is 0 Å². The Kier molecular flexibility index (Phi) is 3.96. The fraction of sp³-hybridized carbons (Fsp3) is 0.545. The first-order chi connectivity index (χ1) is 6.51. The number of hydrogen-bond acceptors (Lipinski definition) is 3. The van der Waals surface area contributed by atoms with Crippen LogP contribution in [0.15, 0.2) is 18.3 Å². The number of hydrogen-bond donors (Lipinski definition) is 1. The van der Waals surface area contributed by atoms with Crippen LogP contribution in [0.4, 0.5) is 0 Å². The summed E-state index contributed by atoms with van der Waals surface area (Å²) in [4.78, 5) is 4.35. The van der Waals surface area contributed by atoms with Crippen molar-refractivity contribution >= 4 is 11.8 Å². The van der Waals surface area contributed by atoms with Gasteiger partial charge >= 0.3 is 0 Å². The molecule has 0 aliphatic carbocycles. The first kappa shape index (κ1) is 11.5. The fourth-order valence-corrected chi connectivity index (χ4v) is 1.70. The van der Waals surface area contributed by atoms with Gasteiger partial charge in [0.15, 0.2) is 0 Å². The van der Waals surface area contributed by atoms with Gasteiger partial charge in [0.2, 0.25) is 0 Å². The third-order valence-electron chi connectivity index (χ3n) is 1.77. The van der Waals surface area contributed by atoms with Gasteiger partial charge in [-0.2, -0.15) is 0 Å². The zero-order valence-corrected chi connectivity index (χ0v) is 9.90. The van der Waals surface area contributed by atoms with Gasteiger partial charge in [0.05, 0.1) is 5.69 Å². The van der Waals surface area contributed by atoms with Crippen LogP contribution in [0, 0.1) is 0 Å². The molecule has 3 heteroatoms. The topological polar surface area (TPSA) is 38.9 Å². The molecule has 0 amide bonds. The highest BCUT2D eigenvalue weighted by atomic mass is 32.2. The predicted octanol–water partition coefficient (Wildman–Crippen LogP) is 2.57. The average molecular weight is 210 g/mol. The van der Waals surface area contributed by atoms with Crippen LogP contribution >= 0.6 is 11.8 Å². The van der Waals surface area contributed by atoms with Crippen molar-refractivity contribution in [3.8, 4) is 0 Å². The summed E-state index contributed by atoms with van der Waals surface area (Å²) in [6.07, 6.45) is 1.86. The van der Waals surface area contributed by atoms with Crippen molar-refractivity contribution in [1.82, 2.24) is 4.98 Å². The number of aromatic nitrogens is 1. The minimum Gasteiger partial charge on any atom is -0.326 e. The molecule has 1 heterocycles. The molecule has 0 spiro atoms. The number of rotatable bonds is 3. The van der Waals surface area contributed by atoms with Crippen molar-refractivity contribution in [3.05, 3.63) is 29.6 Å². The molecule has 0 radical (unpaired) electrons. The number of nitrogens with zero attached hydrogens (tertiary/aromatic N) is 1. The Morgan fingerprint density at radius 2 is 2.07 bits per heavy atom. The van der Waals surface area contributed by atoms with Crippen molar-refractivity contribution in [2.45, 2.75) is 37.8 Å². The minimum absolute atomic E-state index is 0.300. The van der Waals surface area contributed by atoms with Crippen molar-refractivity contribution in [1.29, 1.82) is 0 Å². The highest BCUT2D eigenvalue weighted by Gasteiger charge is 2.10. The first-order valence-corrected chi connectivity index (χ1v) is 5.77. The monoisotopic (exact) mass is 210 g/mol. The molecular formula is C11H18N2S. The number of nitrogens with two attached hydrogens (primary N) is 1. The zero-order chi connectivity index (χ0) is 10.6. The standard InChI is InChI=1S/C11H18N2S/c1-11(2,3)14-8-10-5-4-9(6-12)7-13-10/h4-5,7H,6,8,12H2,1-3H3. The maximum atomic E-state index is 5.50. The van der Waals surface area contributed by atoms with Crippen LogP contribution < -0.4 is 5.73 Å². The predicted molar refractivity (Wildman–Crippen MR) is 63.2 cm³/mol. The summed E-state index contributed by atoms with van der Waals surface area (Å²) in [5.41, 5.74) is 7.72. The van der Waals surface area contributed by atoms with E-state index in [1.165, 1.54) is 0 Å². The van der Waals surface area contributed by atoms with Gasteiger partial charge in [0.1, 0.15) is 0 Å². The van der Waals surface area contributed by atoms with Crippen LogP contribution in [0.5, 0.6) is 0 Å². The lowest BCUT2D eigenvalue weighted by molar-refractivity contribution is 0.801. The summed E-state index contributed by atoms with van der Waals surface area (Å²) in [5.74, 6) is 0.967. The van der Waals surface area contributed by atoms with Crippen LogP contribution in [-0.2, 0) is 12.3 Å². The van der Waals surface area contributed by atoms with Gasteiger partial charge < -0.3 is 5.73 Å². The fourth-order valence-electron chi connectivity index (χ4n) is 0.952. The molecule has 1 rings (SSSR count). The van der Waals surface area contributed by atoms with Gasteiger partial charge in [-0.15, -0.1) is 11.8 Å². The van der Waals surface area contributed by atoms with Crippen LogP contribution in [0.25, 0.3) is 0 Å². The van der Waals surface area contributed by atoms with Crippen molar-refractivity contribution < 1.29 is 0 Å². The van der Waals surface area contributed by atoms with Crippen LogP contribution in [0.1, 0.15) is 32.0 Å². The van der Waals surface area contributed by atoms with Crippen LogP contribution in [-0.4, -0.2) is 9.73 Å². The van der Waals surface area contributed by atoms with Crippen molar-refractivity contribution in [2.75, 3.05) is 0 Å². The second-order valence-electron chi connectivity index (χ2n) is 4.26. The van der Waals surface area contributed by atoms with Crippen LogP contribution in [0.2, 0.25) is 0 Å². The summed E-state index contributed by atoms with van der Waals surface area (Å²) in [6.45, 7) is 7.21. The molecule has 1 aromatic rings. The maximum Gasteiger partial charge on any atom is 0.0503 e. The van der Waals surface area contributed by atoms with Gasteiger partial charge in [0, 0.05) is 23.2 Å². The zero-order valence-electron chi connectivity index (χ0n) is 9.08. The van der Waals surface area contributed by atoms with E-state index in [4.69, 9.17) is 5.73 Å². The molecule has 0 atom stereocenters. The first-order valence-electron chi connectivity index (χ1n) is 4.79. The van der Waals surface area contributed by atoms with Gasteiger partial charge in [-0.3, -0.25) is 4.98 Å². The lowest BCUT2D eigenvalue weighted by atomic mass is 10.2. The van der Waals surface area contributed by atoms with E-state index in [9.17, 15) is 0 Å². The molecule has 1 aromatic heterocycles. The highest BCUT2D eigenvalue weighted by molar-refractivity contribution is 7.99. The van der Waals surface area contributed by atoms with Gasteiger partial charge in [-0.25, -0.2) is 0 Å². The average Bonchev–Trinajstić information content (AvgIpc) is 2.14. The van der Waals surface area contributed by atoms with E-state index in [1.807, 2.05) is 24.0 Å². The van der Waals surface area contributed by atoms with Crippen molar-refractivity contribution in [3.63, 3.8) is 0 Å². The maximum absolute atomic E-state index is 5.50. The quantitative estimate of drug-likeness (QED) is 0.833. The third kappa shape index (κ3) is 4.11. The molecule has 0 unspecified atom stereocenters. The van der Waals surface area contributed by atoms with E-state index in [0.717, 1.165) is 17.0 Å². The van der Waals surface area contributed by atoms with E-state index >= 15 is 0 Å². The summed E-state index contributed by atoms with van der Waals surface area (Å²) < 4.78 is 0.300. The van der Waals surface area contributed by atoms with E-state index in [2.05, 4.69) is 31.8 Å². The van der Waals surface area contributed by atoms with E-state index in [1.54, 1.807) is 0 Å². The van der Waals surface area contributed by atoms with E-state index in [-0.39, 0.29) is 0 Å². The number of pyridine rings is 1. The summed E-state index contributed by atoms with van der Waals surface area (Å²) >= 11 is 1.91. The molecular weight excluding hydrogens is 192 g/mol. The lowest BCUT2D eigenvalue weighted by Crippen LogP contribution is -2.08. The molecule has 0 saturated carbocycles. The SMILES string of the molecule is CC(C)(C)SCc1ccc(CN)cn1. The third-order valence-corrected chi connectivity index (χ3v) is 3.08. The van der Waals surface area contributed by atoms with Gasteiger partial charge in [0.25, 0.3) is 0 Å². The Balaban J connectivity index is 2.52. The molecule has 0 saturated heterocycles. The molecule has 0 aromatic carbocycles.